The van der Waals surface area contributed by atoms with Crippen LogP contribution in [0.5, 0.6) is 0 Å². The average Bonchev–Trinajstić information content (AvgIpc) is 3.20. The number of halogens is 1. The van der Waals surface area contributed by atoms with Gasteiger partial charge in [-0.2, -0.15) is 0 Å². The first-order valence-corrected chi connectivity index (χ1v) is 9.34. The Morgan fingerprint density at radius 1 is 1.29 bits per heavy atom. The van der Waals surface area contributed by atoms with Crippen LogP contribution in [-0.2, 0) is 22.6 Å². The van der Waals surface area contributed by atoms with Crippen molar-refractivity contribution in [3.05, 3.63) is 21.9 Å². The van der Waals surface area contributed by atoms with Crippen LogP contribution in [0.15, 0.2) is 11.4 Å². The van der Waals surface area contributed by atoms with E-state index in [4.69, 9.17) is 0 Å². The second-order valence-corrected chi connectivity index (χ2v) is 7.38. The molecule has 3 heterocycles. The fourth-order valence-corrected chi connectivity index (χ4v) is 4.48. The number of hydrogen-bond donors (Lipinski definition) is 1. The average molecular weight is 372 g/mol. The Kier molecular flexibility index (Phi) is 7.07. The van der Waals surface area contributed by atoms with Crippen molar-refractivity contribution in [2.24, 2.45) is 0 Å². The summed E-state index contributed by atoms with van der Waals surface area (Å²) in [5, 5.41) is 5.24. The van der Waals surface area contributed by atoms with Gasteiger partial charge in [-0.05, 0) is 43.3 Å². The van der Waals surface area contributed by atoms with E-state index in [9.17, 15) is 9.59 Å². The number of likely N-dealkylation sites (N-methyl/N-ethyl adjacent to an activating group) is 1. The van der Waals surface area contributed by atoms with Crippen molar-refractivity contribution in [3.63, 3.8) is 0 Å². The number of nitrogens with zero attached hydrogens (tertiary/aromatic N) is 2. The van der Waals surface area contributed by atoms with Crippen LogP contribution in [0.2, 0.25) is 0 Å². The lowest BCUT2D eigenvalue weighted by atomic mass is 10.1. The third-order valence-corrected chi connectivity index (χ3v) is 5.87. The maximum Gasteiger partial charge on any atom is 0.223 e. The molecule has 1 atom stereocenters. The van der Waals surface area contributed by atoms with Crippen molar-refractivity contribution in [1.82, 2.24) is 15.1 Å². The summed E-state index contributed by atoms with van der Waals surface area (Å²) in [5.41, 5.74) is 1.27. The maximum absolute atomic E-state index is 12.4. The van der Waals surface area contributed by atoms with Gasteiger partial charge in [-0.1, -0.05) is 0 Å². The molecule has 1 aromatic heterocycles. The van der Waals surface area contributed by atoms with Crippen molar-refractivity contribution in [2.75, 3.05) is 26.7 Å². The number of fused-ring (bicyclic) bond motifs is 1. The van der Waals surface area contributed by atoms with Crippen molar-refractivity contribution in [2.45, 2.75) is 44.7 Å². The molecule has 134 valence electrons. The first-order chi connectivity index (χ1) is 11.2. The summed E-state index contributed by atoms with van der Waals surface area (Å²) >= 11 is 1.77. The Bertz CT molecular complexity index is 578. The smallest absolute Gasteiger partial charge is 0.223 e. The molecule has 0 radical (unpaired) electrons. The molecule has 2 aliphatic rings. The number of thiophene rings is 1. The van der Waals surface area contributed by atoms with Gasteiger partial charge in [0.1, 0.15) is 0 Å². The van der Waals surface area contributed by atoms with Gasteiger partial charge in [-0.25, -0.2) is 0 Å². The Balaban J connectivity index is 0.00000208. The standard InChI is InChI=1S/C17H25N3O2S.ClH/c1-18-11-14-3-2-8-20(14)17(22)5-4-16(21)19-9-6-15-13(12-19)7-10-23-15;/h7,10,14,18H,2-6,8-9,11-12H2,1H3;1H. The van der Waals surface area contributed by atoms with Crippen molar-refractivity contribution >= 4 is 35.6 Å². The van der Waals surface area contributed by atoms with Crippen LogP contribution in [0.4, 0.5) is 0 Å². The third-order valence-electron chi connectivity index (χ3n) is 4.85. The molecule has 0 bridgehead atoms. The van der Waals surface area contributed by atoms with Gasteiger partial charge in [0.25, 0.3) is 0 Å². The summed E-state index contributed by atoms with van der Waals surface area (Å²) in [5.74, 6) is 0.240. The van der Waals surface area contributed by atoms with Crippen LogP contribution in [0, 0.1) is 0 Å². The molecule has 24 heavy (non-hydrogen) atoms. The summed E-state index contributed by atoms with van der Waals surface area (Å²) in [6, 6.07) is 2.41. The molecule has 0 aliphatic carbocycles. The molecule has 2 aliphatic heterocycles. The number of nitrogens with one attached hydrogen (secondary N) is 1. The molecule has 5 nitrogen and oxygen atoms in total. The predicted octanol–water partition coefficient (Wildman–Crippen LogP) is 2.05. The van der Waals surface area contributed by atoms with E-state index in [1.165, 1.54) is 10.4 Å². The maximum atomic E-state index is 12.4. The summed E-state index contributed by atoms with van der Waals surface area (Å²) in [6.45, 7) is 3.17. The van der Waals surface area contributed by atoms with E-state index in [2.05, 4.69) is 16.8 Å². The third kappa shape index (κ3) is 4.29. The first-order valence-electron chi connectivity index (χ1n) is 8.46. The van der Waals surface area contributed by atoms with Crippen molar-refractivity contribution in [3.8, 4) is 0 Å². The molecular formula is C17H26ClN3O2S. The number of rotatable bonds is 5. The van der Waals surface area contributed by atoms with E-state index in [0.29, 0.717) is 25.4 Å². The van der Waals surface area contributed by atoms with Crippen molar-refractivity contribution in [1.29, 1.82) is 0 Å². The van der Waals surface area contributed by atoms with Gasteiger partial charge in [0.05, 0.1) is 0 Å². The molecule has 1 fully saturated rings. The van der Waals surface area contributed by atoms with E-state index in [0.717, 1.165) is 38.9 Å². The lowest BCUT2D eigenvalue weighted by molar-refractivity contribution is -0.137. The Morgan fingerprint density at radius 3 is 2.88 bits per heavy atom. The summed E-state index contributed by atoms with van der Waals surface area (Å²) in [4.78, 5) is 30.1. The Labute approximate surface area is 153 Å². The van der Waals surface area contributed by atoms with Gasteiger partial charge in [-0.3, -0.25) is 9.59 Å². The van der Waals surface area contributed by atoms with Crippen LogP contribution in [-0.4, -0.2) is 54.3 Å². The molecule has 7 heteroatoms. The zero-order chi connectivity index (χ0) is 16.2. The number of hydrogen-bond acceptors (Lipinski definition) is 4. The van der Waals surface area contributed by atoms with Crippen LogP contribution in [0.25, 0.3) is 0 Å². The van der Waals surface area contributed by atoms with Crippen LogP contribution in [0.1, 0.15) is 36.1 Å². The summed E-state index contributed by atoms with van der Waals surface area (Å²) in [6.07, 6.45) is 3.75. The zero-order valence-electron chi connectivity index (χ0n) is 14.1. The second kappa shape index (κ2) is 8.83. The fraction of sp³-hybridized carbons (Fsp3) is 0.647. The second-order valence-electron chi connectivity index (χ2n) is 6.38. The lowest BCUT2D eigenvalue weighted by Gasteiger charge is -2.28. The van der Waals surface area contributed by atoms with E-state index >= 15 is 0 Å². The number of amides is 2. The highest BCUT2D eigenvalue weighted by atomic mass is 35.5. The van der Waals surface area contributed by atoms with Gasteiger partial charge >= 0.3 is 0 Å². The van der Waals surface area contributed by atoms with E-state index in [-0.39, 0.29) is 24.2 Å². The topological polar surface area (TPSA) is 52.7 Å². The van der Waals surface area contributed by atoms with Crippen LogP contribution in [0.3, 0.4) is 0 Å². The highest BCUT2D eigenvalue weighted by molar-refractivity contribution is 7.10. The molecule has 1 saturated heterocycles. The molecule has 1 N–H and O–H groups in total. The van der Waals surface area contributed by atoms with Gasteiger partial charge in [0.2, 0.25) is 11.8 Å². The lowest BCUT2D eigenvalue weighted by Crippen LogP contribution is -2.41. The number of likely N-dealkylation sites (tertiary alicyclic amines) is 1. The highest BCUT2D eigenvalue weighted by Gasteiger charge is 2.29. The minimum atomic E-state index is 0. The van der Waals surface area contributed by atoms with Gasteiger partial charge < -0.3 is 15.1 Å². The molecule has 0 saturated carbocycles. The number of carbonyl (C=O) groups is 2. The van der Waals surface area contributed by atoms with Crippen molar-refractivity contribution < 1.29 is 9.59 Å². The van der Waals surface area contributed by atoms with Crippen LogP contribution >= 0.6 is 23.7 Å². The SMILES string of the molecule is CNCC1CCCN1C(=O)CCC(=O)N1CCc2sccc2C1.Cl. The Hall–Kier alpha value is -1.11. The molecule has 2 amide bonds. The predicted molar refractivity (Wildman–Crippen MR) is 98.6 cm³/mol. The zero-order valence-corrected chi connectivity index (χ0v) is 15.8. The fourth-order valence-electron chi connectivity index (χ4n) is 3.59. The Morgan fingerprint density at radius 2 is 2.08 bits per heavy atom. The normalized spacial score (nSPS) is 19.8. The minimum Gasteiger partial charge on any atom is -0.338 e. The first kappa shape index (κ1) is 19.2. The molecule has 1 aromatic rings. The summed E-state index contributed by atoms with van der Waals surface area (Å²) < 4.78 is 0. The monoisotopic (exact) mass is 371 g/mol. The minimum absolute atomic E-state index is 0. The van der Waals surface area contributed by atoms with Gasteiger partial charge in [0, 0.05) is 49.9 Å². The number of carbonyl (C=O) groups excluding carboxylic acids is 2. The van der Waals surface area contributed by atoms with Gasteiger partial charge in [0.15, 0.2) is 0 Å². The van der Waals surface area contributed by atoms with E-state index < -0.39 is 0 Å². The largest absolute Gasteiger partial charge is 0.338 e. The van der Waals surface area contributed by atoms with Gasteiger partial charge in [-0.15, -0.1) is 23.7 Å². The molecule has 3 rings (SSSR count). The molecule has 0 aromatic carbocycles. The summed E-state index contributed by atoms with van der Waals surface area (Å²) in [7, 11) is 1.92. The quantitative estimate of drug-likeness (QED) is 0.861. The highest BCUT2D eigenvalue weighted by Crippen LogP contribution is 2.25. The van der Waals surface area contributed by atoms with Crippen LogP contribution < -0.4 is 5.32 Å². The molecular weight excluding hydrogens is 346 g/mol. The molecule has 0 spiro atoms. The molecule has 1 unspecified atom stereocenters. The van der Waals surface area contributed by atoms with E-state index in [1.807, 2.05) is 16.8 Å². The van der Waals surface area contributed by atoms with E-state index in [1.54, 1.807) is 11.3 Å².